The molecule has 11 nitrogen and oxygen atoms in total. The molecule has 11 heteroatoms. The highest BCUT2D eigenvalue weighted by Crippen LogP contribution is 2.58. The highest BCUT2D eigenvalue weighted by Gasteiger charge is 2.73. The van der Waals surface area contributed by atoms with Crippen LogP contribution in [-0.4, -0.2) is 119 Å². The van der Waals surface area contributed by atoms with E-state index in [1.165, 1.54) is 0 Å². The summed E-state index contributed by atoms with van der Waals surface area (Å²) in [7, 11) is 0. The van der Waals surface area contributed by atoms with Crippen LogP contribution in [0.25, 0.3) is 0 Å². The SMILES string of the molecule is C=C1C[C@@H]2CC[C@@]34C[C@@]5(C)O[C@H]6[C@@H](O3)[C@H]3OC(CC[C@@H]3O[C@H]6[C@H]5O4)CC(=O)C[C@@H]3[C@@H](C)[C@@H](C[C@H](O)CO)O[C@H]3C[C@H]3OC(CC[C@@H]1O2)C[C@@H](C)C3=C. The summed E-state index contributed by atoms with van der Waals surface area (Å²) in [5.74, 6) is -0.418. The van der Waals surface area contributed by atoms with Crippen LogP contribution in [0.15, 0.2) is 24.3 Å². The van der Waals surface area contributed by atoms with Crippen LogP contribution in [0.3, 0.4) is 0 Å². The van der Waals surface area contributed by atoms with Crippen LogP contribution in [0, 0.1) is 17.8 Å². The molecule has 10 saturated heterocycles. The van der Waals surface area contributed by atoms with Gasteiger partial charge in [-0.05, 0) is 80.8 Å². The van der Waals surface area contributed by atoms with Crippen molar-refractivity contribution in [3.63, 3.8) is 0 Å². The summed E-state index contributed by atoms with van der Waals surface area (Å²) >= 11 is 0. The summed E-state index contributed by atoms with van der Waals surface area (Å²) in [6.07, 6.45) is 5.40. The van der Waals surface area contributed by atoms with E-state index in [0.717, 1.165) is 56.1 Å². The van der Waals surface area contributed by atoms with Crippen LogP contribution in [0.5, 0.6) is 0 Å². The van der Waals surface area contributed by atoms with Crippen LogP contribution in [-0.2, 0) is 42.7 Å². The Morgan fingerprint density at radius 2 is 1.56 bits per heavy atom. The van der Waals surface area contributed by atoms with Crippen molar-refractivity contribution in [1.29, 1.82) is 0 Å². The first-order valence-corrected chi connectivity index (χ1v) is 20.4. The number of aliphatic hydroxyl groups is 2. The molecule has 0 aromatic carbocycles. The van der Waals surface area contributed by atoms with Gasteiger partial charge >= 0.3 is 0 Å². The van der Waals surface area contributed by atoms with Crippen molar-refractivity contribution in [2.75, 3.05) is 6.61 Å². The van der Waals surface area contributed by atoms with E-state index < -0.39 is 17.5 Å². The third-order valence-electron chi connectivity index (χ3n) is 14.5. The fraction of sp³-hybridized carbons (Fsp3) is 0.878. The van der Waals surface area contributed by atoms with Gasteiger partial charge in [-0.15, -0.1) is 0 Å². The molecule has 10 heterocycles. The minimum atomic E-state index is -0.875. The standard InChI is InChI=1S/C41H60O11/c1-20-12-26-6-8-30-21(2)13-28(45-30)10-11-41-19-40(5)39(52-41)38-37(50-40)36(51-41)35-31(49-38)9-7-27(47-35)14-24(43)15-29-23(4)32(16-25(44)18-42)48-34(29)17-33(46-26)22(20)3/h20,23,25-39,42,44H,2-3,6-19H2,1,4-5H3/t20-,23-,25+,26?,27?,28+,29-,30+,31+,32-,33-,34+,35+,36+,37+,38-,39-,40-,41-/m1/s1. The number of carbonyl (C=O) groups excluding carboxylic acids is 1. The minimum Gasteiger partial charge on any atom is -0.394 e. The number of hydrogen-bond donors (Lipinski definition) is 2. The summed E-state index contributed by atoms with van der Waals surface area (Å²) in [6.45, 7) is 15.1. The van der Waals surface area contributed by atoms with Gasteiger partial charge < -0.3 is 48.1 Å². The fourth-order valence-corrected chi connectivity index (χ4v) is 11.7. The zero-order valence-electron chi connectivity index (χ0n) is 31.2. The predicted octanol–water partition coefficient (Wildman–Crippen LogP) is 4.48. The van der Waals surface area contributed by atoms with Crippen molar-refractivity contribution in [3.8, 4) is 0 Å². The molecule has 0 aliphatic carbocycles. The first-order valence-electron chi connectivity index (χ1n) is 20.4. The lowest BCUT2D eigenvalue weighted by Crippen LogP contribution is -2.61. The lowest BCUT2D eigenvalue weighted by Gasteiger charge is -2.47. The Morgan fingerprint density at radius 1 is 0.788 bits per heavy atom. The normalized spacial score (nSPS) is 53.8. The maximum absolute atomic E-state index is 14.0. The molecular formula is C41H60O11. The van der Waals surface area contributed by atoms with Gasteiger partial charge in [0.05, 0.1) is 61.5 Å². The molecule has 290 valence electrons. The first kappa shape index (κ1) is 36.4. The number of hydrogen-bond acceptors (Lipinski definition) is 11. The second kappa shape index (κ2) is 13.7. The van der Waals surface area contributed by atoms with E-state index in [-0.39, 0.29) is 104 Å². The topological polar surface area (TPSA) is 131 Å². The number of aliphatic hydroxyl groups excluding tert-OH is 2. The van der Waals surface area contributed by atoms with Gasteiger partial charge in [0.1, 0.15) is 41.9 Å². The summed E-state index contributed by atoms with van der Waals surface area (Å²) in [5.41, 5.74) is 1.72. The van der Waals surface area contributed by atoms with Gasteiger partial charge in [-0.3, -0.25) is 4.79 Å². The summed E-state index contributed by atoms with van der Waals surface area (Å²) in [6, 6.07) is 0. The van der Waals surface area contributed by atoms with Crippen molar-refractivity contribution in [2.45, 2.75) is 201 Å². The number of ether oxygens (including phenoxy) is 8. The highest BCUT2D eigenvalue weighted by atomic mass is 16.8. The van der Waals surface area contributed by atoms with Gasteiger partial charge in [0, 0.05) is 38.5 Å². The maximum Gasteiger partial charge on any atom is 0.172 e. The summed E-state index contributed by atoms with van der Waals surface area (Å²) in [4.78, 5) is 14.0. The molecule has 10 fully saturated rings. The van der Waals surface area contributed by atoms with Gasteiger partial charge in [0.25, 0.3) is 0 Å². The third-order valence-corrected chi connectivity index (χ3v) is 14.5. The smallest absolute Gasteiger partial charge is 0.172 e. The number of rotatable bonds is 3. The van der Waals surface area contributed by atoms with E-state index in [9.17, 15) is 15.0 Å². The molecule has 0 radical (unpaired) electrons. The molecular weight excluding hydrogens is 668 g/mol. The van der Waals surface area contributed by atoms with E-state index in [1.807, 2.05) is 0 Å². The Labute approximate surface area is 308 Å². The molecule has 0 amide bonds. The molecule has 0 aromatic heterocycles. The number of ketones is 1. The van der Waals surface area contributed by atoms with Crippen molar-refractivity contribution in [1.82, 2.24) is 0 Å². The number of fused-ring (bicyclic) bond motifs is 6. The zero-order chi connectivity index (χ0) is 36.1. The highest BCUT2D eigenvalue weighted by molar-refractivity contribution is 5.79. The molecule has 10 aliphatic heterocycles. The van der Waals surface area contributed by atoms with Crippen LogP contribution in [0.2, 0.25) is 0 Å². The Kier molecular flexibility index (Phi) is 9.62. The fourth-order valence-electron chi connectivity index (χ4n) is 11.7. The zero-order valence-corrected chi connectivity index (χ0v) is 31.2. The first-order chi connectivity index (χ1) is 24.9. The largest absolute Gasteiger partial charge is 0.394 e. The van der Waals surface area contributed by atoms with Crippen molar-refractivity contribution >= 4 is 5.78 Å². The van der Waals surface area contributed by atoms with Gasteiger partial charge in [0.15, 0.2) is 5.79 Å². The Balaban J connectivity index is 0.994. The monoisotopic (exact) mass is 728 g/mol. The minimum absolute atomic E-state index is 0.0143. The average molecular weight is 729 g/mol. The average Bonchev–Trinajstić information content (AvgIpc) is 3.73. The molecule has 10 aliphatic rings. The van der Waals surface area contributed by atoms with Crippen molar-refractivity contribution in [2.24, 2.45) is 17.8 Å². The van der Waals surface area contributed by atoms with Gasteiger partial charge in [-0.25, -0.2) is 0 Å². The number of Topliss-reactive ketones (excluding diaryl/α,β-unsaturated/α-hetero) is 1. The molecule has 12 bridgehead atoms. The van der Waals surface area contributed by atoms with Crippen molar-refractivity contribution < 1.29 is 52.9 Å². The Hall–Kier alpha value is -1.25. The number of carbonyl (C=O) groups is 1. The molecule has 2 unspecified atom stereocenters. The Morgan fingerprint density at radius 3 is 2.38 bits per heavy atom. The van der Waals surface area contributed by atoms with Crippen molar-refractivity contribution in [3.05, 3.63) is 24.3 Å². The third kappa shape index (κ3) is 6.40. The summed E-state index contributed by atoms with van der Waals surface area (Å²) in [5, 5.41) is 20.0. The second-order valence-corrected chi connectivity index (χ2v) is 18.2. The molecule has 0 aromatic rings. The van der Waals surface area contributed by atoms with Crippen LogP contribution >= 0.6 is 0 Å². The van der Waals surface area contributed by atoms with Crippen LogP contribution in [0.4, 0.5) is 0 Å². The van der Waals surface area contributed by atoms with Gasteiger partial charge in [-0.1, -0.05) is 27.0 Å². The molecule has 2 N–H and O–H groups in total. The van der Waals surface area contributed by atoms with E-state index in [1.54, 1.807) is 0 Å². The summed E-state index contributed by atoms with van der Waals surface area (Å²) < 4.78 is 54.4. The predicted molar refractivity (Wildman–Crippen MR) is 187 cm³/mol. The molecule has 0 saturated carbocycles. The van der Waals surface area contributed by atoms with E-state index in [0.29, 0.717) is 44.4 Å². The van der Waals surface area contributed by atoms with Gasteiger partial charge in [-0.2, -0.15) is 0 Å². The lowest BCUT2D eigenvalue weighted by molar-refractivity contribution is -0.294. The second-order valence-electron chi connectivity index (χ2n) is 18.2. The lowest BCUT2D eigenvalue weighted by atomic mass is 9.78. The van der Waals surface area contributed by atoms with Crippen LogP contribution in [0.1, 0.15) is 104 Å². The molecule has 19 atom stereocenters. The van der Waals surface area contributed by atoms with Gasteiger partial charge in [0.2, 0.25) is 0 Å². The van der Waals surface area contributed by atoms with E-state index in [4.69, 9.17) is 37.9 Å². The molecule has 52 heavy (non-hydrogen) atoms. The maximum atomic E-state index is 14.0. The van der Waals surface area contributed by atoms with E-state index in [2.05, 4.69) is 33.9 Å². The molecule has 1 spiro atoms. The molecule has 10 rings (SSSR count). The Bertz CT molecular complexity index is 1400. The van der Waals surface area contributed by atoms with E-state index >= 15 is 0 Å². The van der Waals surface area contributed by atoms with Crippen LogP contribution < -0.4 is 0 Å². The quantitative estimate of drug-likeness (QED) is 0.399.